The van der Waals surface area contributed by atoms with Gasteiger partial charge in [0.15, 0.2) is 0 Å². The number of nitrogens with zero attached hydrogens (tertiary/aromatic N) is 1. The lowest BCUT2D eigenvalue weighted by Gasteiger charge is -2.16. The minimum atomic E-state index is 0.205. The third-order valence-corrected chi connectivity index (χ3v) is 3.80. The monoisotopic (exact) mass is 289 g/mol. The van der Waals surface area contributed by atoms with Crippen molar-refractivity contribution in [3.8, 4) is 0 Å². The molecule has 1 atom stereocenters. The van der Waals surface area contributed by atoms with Gasteiger partial charge in [-0.15, -0.1) is 0 Å². The Bertz CT molecular complexity index is 540. The van der Waals surface area contributed by atoms with Crippen molar-refractivity contribution in [2.45, 2.75) is 32.2 Å². The Kier molecular flexibility index (Phi) is 5.53. The molecule has 0 spiro atoms. The highest BCUT2D eigenvalue weighted by Gasteiger charge is 2.10. The van der Waals surface area contributed by atoms with Crippen LogP contribution in [0.1, 0.15) is 23.1 Å². The second-order valence-electron chi connectivity index (χ2n) is 5.06. The van der Waals surface area contributed by atoms with E-state index in [4.69, 9.17) is 17.4 Å². The maximum atomic E-state index is 6.13. The zero-order valence-electron chi connectivity index (χ0n) is 11.6. The maximum Gasteiger partial charge on any atom is 0.0621 e. The van der Waals surface area contributed by atoms with Crippen molar-refractivity contribution in [1.82, 2.24) is 10.4 Å². The molecule has 0 fully saturated rings. The van der Waals surface area contributed by atoms with Crippen molar-refractivity contribution in [3.63, 3.8) is 0 Å². The lowest BCUT2D eigenvalue weighted by Crippen LogP contribution is -2.37. The first-order valence-corrected chi connectivity index (χ1v) is 7.17. The molecule has 1 aromatic carbocycles. The molecule has 0 aliphatic carbocycles. The van der Waals surface area contributed by atoms with Gasteiger partial charge in [-0.25, -0.2) is 0 Å². The number of halogens is 1. The predicted octanol–water partition coefficient (Wildman–Crippen LogP) is 3.05. The van der Waals surface area contributed by atoms with Gasteiger partial charge >= 0.3 is 0 Å². The first-order valence-electron chi connectivity index (χ1n) is 6.79. The maximum absolute atomic E-state index is 6.13. The van der Waals surface area contributed by atoms with Crippen molar-refractivity contribution in [1.29, 1.82) is 0 Å². The molecule has 0 amide bonds. The number of aromatic nitrogens is 1. The van der Waals surface area contributed by atoms with Gasteiger partial charge in [0.2, 0.25) is 0 Å². The summed E-state index contributed by atoms with van der Waals surface area (Å²) >= 11 is 6.13. The van der Waals surface area contributed by atoms with Crippen LogP contribution in [0.4, 0.5) is 0 Å². The van der Waals surface area contributed by atoms with E-state index < -0.39 is 0 Å². The van der Waals surface area contributed by atoms with Crippen molar-refractivity contribution in [2.24, 2.45) is 5.84 Å². The van der Waals surface area contributed by atoms with Crippen LogP contribution in [0.25, 0.3) is 0 Å². The first kappa shape index (κ1) is 15.0. The lowest BCUT2D eigenvalue weighted by molar-refractivity contribution is 0.491. The zero-order chi connectivity index (χ0) is 14.4. The molecule has 0 radical (unpaired) electrons. The molecular weight excluding hydrogens is 270 g/mol. The van der Waals surface area contributed by atoms with Gasteiger partial charge in [-0.1, -0.05) is 41.4 Å². The van der Waals surface area contributed by atoms with E-state index in [1.54, 1.807) is 12.4 Å². The lowest BCUT2D eigenvalue weighted by atomic mass is 9.99. The Morgan fingerprint density at radius 2 is 2.00 bits per heavy atom. The summed E-state index contributed by atoms with van der Waals surface area (Å²) in [6, 6.07) is 10.8. The van der Waals surface area contributed by atoms with E-state index in [0.717, 1.165) is 24.8 Å². The molecule has 0 bridgehead atoms. The van der Waals surface area contributed by atoms with Gasteiger partial charge in [0.25, 0.3) is 0 Å². The third kappa shape index (κ3) is 4.30. The number of rotatable bonds is 6. The Morgan fingerprint density at radius 1 is 1.25 bits per heavy atom. The smallest absolute Gasteiger partial charge is 0.0621 e. The third-order valence-electron chi connectivity index (χ3n) is 3.46. The van der Waals surface area contributed by atoms with Crippen LogP contribution in [-0.4, -0.2) is 11.0 Å². The predicted molar refractivity (Wildman–Crippen MR) is 83.6 cm³/mol. The average molecular weight is 290 g/mol. The van der Waals surface area contributed by atoms with Crippen molar-refractivity contribution in [2.75, 3.05) is 0 Å². The van der Waals surface area contributed by atoms with E-state index in [2.05, 4.69) is 41.6 Å². The van der Waals surface area contributed by atoms with Crippen LogP contribution in [0.5, 0.6) is 0 Å². The van der Waals surface area contributed by atoms with Crippen LogP contribution >= 0.6 is 11.6 Å². The van der Waals surface area contributed by atoms with Crippen molar-refractivity contribution >= 4 is 11.6 Å². The van der Waals surface area contributed by atoms with Gasteiger partial charge < -0.3 is 0 Å². The molecule has 0 saturated carbocycles. The summed E-state index contributed by atoms with van der Waals surface area (Å²) in [6.07, 6.45) is 6.21. The fraction of sp³-hybridized carbons (Fsp3) is 0.312. The van der Waals surface area contributed by atoms with Crippen LogP contribution in [-0.2, 0) is 12.8 Å². The summed E-state index contributed by atoms with van der Waals surface area (Å²) in [5.74, 6) is 5.65. The van der Waals surface area contributed by atoms with Crippen LogP contribution in [0.15, 0.2) is 42.7 Å². The first-order chi connectivity index (χ1) is 9.69. The molecule has 2 rings (SSSR count). The number of nitrogens with two attached hydrogens (primary N) is 1. The van der Waals surface area contributed by atoms with Gasteiger partial charge in [-0.2, -0.15) is 0 Å². The van der Waals surface area contributed by atoms with Gasteiger partial charge in [0, 0.05) is 18.4 Å². The topological polar surface area (TPSA) is 50.9 Å². The quantitative estimate of drug-likeness (QED) is 0.635. The number of hydrogen-bond donors (Lipinski definition) is 2. The molecule has 1 unspecified atom stereocenters. The van der Waals surface area contributed by atoms with Crippen molar-refractivity contribution in [3.05, 3.63) is 64.4 Å². The Labute approximate surface area is 125 Å². The largest absolute Gasteiger partial charge is 0.271 e. The minimum Gasteiger partial charge on any atom is -0.271 e. The van der Waals surface area contributed by atoms with Crippen molar-refractivity contribution < 1.29 is 0 Å². The summed E-state index contributed by atoms with van der Waals surface area (Å²) in [7, 11) is 0. The molecule has 0 aliphatic heterocycles. The second kappa shape index (κ2) is 7.39. The average Bonchev–Trinajstić information content (AvgIpc) is 2.47. The highest BCUT2D eigenvalue weighted by atomic mass is 35.5. The molecule has 0 aliphatic rings. The molecule has 1 aromatic heterocycles. The van der Waals surface area contributed by atoms with Gasteiger partial charge in [-0.3, -0.25) is 16.3 Å². The second-order valence-corrected chi connectivity index (χ2v) is 5.47. The summed E-state index contributed by atoms with van der Waals surface area (Å²) < 4.78 is 0. The summed E-state index contributed by atoms with van der Waals surface area (Å²) in [6.45, 7) is 2.10. The standard InChI is InChI=1S/C16H20ClN3/c1-12-2-4-13(5-3-12)6-7-15(20-18)10-14-8-9-19-11-16(14)17/h2-5,8-9,11,15,20H,6-7,10,18H2,1H3. The molecule has 2 aromatic rings. The Balaban J connectivity index is 1.92. The summed E-state index contributed by atoms with van der Waals surface area (Å²) in [5.41, 5.74) is 6.57. The summed E-state index contributed by atoms with van der Waals surface area (Å²) in [4.78, 5) is 4.00. The van der Waals surface area contributed by atoms with Gasteiger partial charge in [0.1, 0.15) is 0 Å². The van der Waals surface area contributed by atoms with E-state index >= 15 is 0 Å². The van der Waals surface area contributed by atoms with E-state index in [9.17, 15) is 0 Å². The Hall–Kier alpha value is -1.42. The van der Waals surface area contributed by atoms with E-state index in [-0.39, 0.29) is 6.04 Å². The molecular formula is C16H20ClN3. The van der Waals surface area contributed by atoms with Crippen LogP contribution in [0, 0.1) is 6.92 Å². The van der Waals surface area contributed by atoms with Gasteiger partial charge in [0.05, 0.1) is 5.02 Å². The number of hydrazine groups is 1. The SMILES string of the molecule is Cc1ccc(CCC(Cc2ccncc2Cl)NN)cc1. The number of aryl methyl sites for hydroxylation is 2. The fourth-order valence-corrected chi connectivity index (χ4v) is 2.37. The van der Waals surface area contributed by atoms with Crippen LogP contribution in [0.3, 0.4) is 0 Å². The molecule has 4 heteroatoms. The van der Waals surface area contributed by atoms with E-state index in [1.807, 2.05) is 6.07 Å². The highest BCUT2D eigenvalue weighted by Crippen LogP contribution is 2.17. The Morgan fingerprint density at radius 3 is 2.65 bits per heavy atom. The van der Waals surface area contributed by atoms with Crippen LogP contribution < -0.4 is 11.3 Å². The van der Waals surface area contributed by atoms with E-state index in [1.165, 1.54) is 11.1 Å². The number of nitrogens with one attached hydrogen (secondary N) is 1. The molecule has 0 saturated heterocycles. The number of hydrogen-bond acceptors (Lipinski definition) is 3. The molecule has 3 N–H and O–H groups in total. The van der Waals surface area contributed by atoms with Gasteiger partial charge in [-0.05, 0) is 43.4 Å². The molecule has 106 valence electrons. The zero-order valence-corrected chi connectivity index (χ0v) is 12.4. The van der Waals surface area contributed by atoms with E-state index in [0.29, 0.717) is 5.02 Å². The molecule has 1 heterocycles. The molecule has 3 nitrogen and oxygen atoms in total. The number of pyridine rings is 1. The fourth-order valence-electron chi connectivity index (χ4n) is 2.17. The minimum absolute atomic E-state index is 0.205. The van der Waals surface area contributed by atoms with Crippen LogP contribution in [0.2, 0.25) is 5.02 Å². The summed E-state index contributed by atoms with van der Waals surface area (Å²) in [5, 5.41) is 0.697. The normalized spacial score (nSPS) is 12.3. The number of benzene rings is 1. The molecule has 20 heavy (non-hydrogen) atoms. The highest BCUT2D eigenvalue weighted by molar-refractivity contribution is 6.31.